The maximum atomic E-state index is 5.98. The largest absolute Gasteiger partial charge is 0.481 e. The predicted octanol–water partition coefficient (Wildman–Crippen LogP) is 5.55. The van der Waals surface area contributed by atoms with Crippen LogP contribution in [0.15, 0.2) is 60.8 Å². The van der Waals surface area contributed by atoms with Crippen LogP contribution in [0.25, 0.3) is 4.91 Å². The smallest absolute Gasteiger partial charge is 0.328 e. The molecule has 4 rings (SSSR count). The fourth-order valence-electron chi connectivity index (χ4n) is 2.65. The quantitative estimate of drug-likeness (QED) is 0.423. The minimum atomic E-state index is 0.147. The molecule has 31 heavy (non-hydrogen) atoms. The van der Waals surface area contributed by atoms with Crippen molar-refractivity contribution in [3.63, 3.8) is 0 Å². The number of aromatic nitrogens is 2. The summed E-state index contributed by atoms with van der Waals surface area (Å²) in [5.74, 6) is 2.16. The van der Waals surface area contributed by atoms with Gasteiger partial charge in [-0.2, -0.15) is 9.97 Å². The molecule has 0 unspecified atom stereocenters. The molecular weight excluding hydrogens is 456 g/mol. The van der Waals surface area contributed by atoms with Gasteiger partial charge in [-0.3, -0.25) is 0 Å². The predicted molar refractivity (Wildman–Crippen MR) is 125 cm³/mol. The van der Waals surface area contributed by atoms with Crippen LogP contribution in [0.3, 0.4) is 0 Å². The molecule has 1 aliphatic rings. The van der Waals surface area contributed by atoms with Crippen LogP contribution >= 0.6 is 35.5 Å². The monoisotopic (exact) mass is 474 g/mol. The first-order valence-electron chi connectivity index (χ1n) is 9.20. The van der Waals surface area contributed by atoms with Crippen molar-refractivity contribution in [3.05, 3.63) is 76.9 Å². The summed E-state index contributed by atoms with van der Waals surface area (Å²) in [6.45, 7) is 0. The molecule has 0 radical (unpaired) electrons. The number of ether oxygens (including phenoxy) is 3. The van der Waals surface area contributed by atoms with Gasteiger partial charge in [-0.25, -0.2) is 0 Å². The molecule has 0 saturated heterocycles. The van der Waals surface area contributed by atoms with Gasteiger partial charge in [0.15, 0.2) is 0 Å². The van der Waals surface area contributed by atoms with Gasteiger partial charge in [0.1, 0.15) is 5.75 Å². The SMILES string of the molecule is COc1cc(OC)nc(Oc2ccccc2C2=CNN(SCc3ccc(Cl)cc3)S2)n1. The van der Waals surface area contributed by atoms with Crippen molar-refractivity contribution in [2.24, 2.45) is 0 Å². The summed E-state index contributed by atoms with van der Waals surface area (Å²) >= 11 is 9.18. The molecule has 0 fully saturated rings. The Labute approximate surface area is 194 Å². The van der Waals surface area contributed by atoms with E-state index in [9.17, 15) is 0 Å². The molecular formula is C21H19ClN4O3S2. The van der Waals surface area contributed by atoms with E-state index in [2.05, 4.69) is 15.4 Å². The number of nitrogens with one attached hydrogen (secondary N) is 1. The normalized spacial score (nSPS) is 13.5. The first kappa shape index (κ1) is 21.6. The summed E-state index contributed by atoms with van der Waals surface area (Å²) < 4.78 is 18.4. The maximum absolute atomic E-state index is 5.98. The van der Waals surface area contributed by atoms with E-state index in [1.807, 2.05) is 58.6 Å². The lowest BCUT2D eigenvalue weighted by Gasteiger charge is -2.14. The van der Waals surface area contributed by atoms with E-state index in [1.54, 1.807) is 30.0 Å². The lowest BCUT2D eigenvalue weighted by Crippen LogP contribution is -2.15. The zero-order valence-corrected chi connectivity index (χ0v) is 19.1. The van der Waals surface area contributed by atoms with Gasteiger partial charge in [0.05, 0.1) is 25.2 Å². The zero-order chi connectivity index (χ0) is 21.6. The minimum absolute atomic E-state index is 0.147. The topological polar surface area (TPSA) is 68.7 Å². The highest BCUT2D eigenvalue weighted by Crippen LogP contribution is 2.42. The number of methoxy groups -OCH3 is 2. The average molecular weight is 475 g/mol. The van der Waals surface area contributed by atoms with Crippen molar-refractivity contribution < 1.29 is 14.2 Å². The molecule has 3 aromatic rings. The summed E-state index contributed by atoms with van der Waals surface area (Å²) in [7, 11) is 3.06. The number of halogens is 1. The Kier molecular flexibility index (Phi) is 7.08. The Morgan fingerprint density at radius 1 is 1.03 bits per heavy atom. The average Bonchev–Trinajstić information content (AvgIpc) is 3.27. The van der Waals surface area contributed by atoms with E-state index < -0.39 is 0 Å². The van der Waals surface area contributed by atoms with E-state index in [1.165, 1.54) is 19.8 Å². The third-order valence-electron chi connectivity index (χ3n) is 4.17. The van der Waals surface area contributed by atoms with E-state index in [-0.39, 0.29) is 6.01 Å². The second-order valence-electron chi connectivity index (χ2n) is 6.22. The van der Waals surface area contributed by atoms with Crippen LogP contribution in [0.1, 0.15) is 11.1 Å². The standard InChI is InChI=1S/C21H19ClN4O3S2/c1-27-19-11-20(28-2)25-21(24-19)29-17-6-4-3-5-16(17)18-12-23-26(31-18)30-13-14-7-9-15(22)10-8-14/h3-12,23H,13H2,1-2H3. The highest BCUT2D eigenvalue weighted by atomic mass is 35.5. The molecule has 0 aliphatic carbocycles. The van der Waals surface area contributed by atoms with Crippen LogP contribution in [-0.4, -0.2) is 28.0 Å². The van der Waals surface area contributed by atoms with Crippen molar-refractivity contribution in [1.29, 1.82) is 0 Å². The highest BCUT2D eigenvalue weighted by molar-refractivity contribution is 8.16. The van der Waals surface area contributed by atoms with Gasteiger partial charge in [0.2, 0.25) is 11.8 Å². The number of hydrazine groups is 1. The fourth-order valence-corrected chi connectivity index (χ4v) is 4.63. The second kappa shape index (κ2) is 10.1. The first-order valence-corrected chi connectivity index (χ1v) is 11.3. The number of para-hydroxylation sites is 1. The van der Waals surface area contributed by atoms with E-state index in [0.29, 0.717) is 17.5 Å². The van der Waals surface area contributed by atoms with Gasteiger partial charge in [-0.05, 0) is 53.7 Å². The lowest BCUT2D eigenvalue weighted by molar-refractivity contribution is 0.348. The number of benzene rings is 2. The van der Waals surface area contributed by atoms with Crippen molar-refractivity contribution in [2.45, 2.75) is 5.75 Å². The molecule has 0 atom stereocenters. The van der Waals surface area contributed by atoms with Crippen LogP contribution in [0.2, 0.25) is 5.02 Å². The molecule has 2 aromatic carbocycles. The molecule has 2 heterocycles. The summed E-state index contributed by atoms with van der Waals surface area (Å²) in [5.41, 5.74) is 5.37. The molecule has 0 bridgehead atoms. The lowest BCUT2D eigenvalue weighted by atomic mass is 10.2. The van der Waals surface area contributed by atoms with Gasteiger partial charge in [-0.1, -0.05) is 35.9 Å². The summed E-state index contributed by atoms with van der Waals surface area (Å²) in [6.07, 6.45) is 1.94. The van der Waals surface area contributed by atoms with Crippen molar-refractivity contribution in [1.82, 2.24) is 19.2 Å². The molecule has 0 saturated carbocycles. The van der Waals surface area contributed by atoms with E-state index in [4.69, 9.17) is 25.8 Å². The Bertz CT molecular complexity index is 1060. The number of rotatable bonds is 8. The van der Waals surface area contributed by atoms with Crippen molar-refractivity contribution >= 4 is 40.4 Å². The maximum Gasteiger partial charge on any atom is 0.328 e. The minimum Gasteiger partial charge on any atom is -0.481 e. The number of hydrogen-bond acceptors (Lipinski definition) is 9. The summed E-state index contributed by atoms with van der Waals surface area (Å²) in [6, 6.07) is 17.3. The number of hydrogen-bond donors (Lipinski definition) is 1. The van der Waals surface area contributed by atoms with Gasteiger partial charge in [0.25, 0.3) is 0 Å². The fraction of sp³-hybridized carbons (Fsp3) is 0.143. The molecule has 1 aromatic heterocycles. The van der Waals surface area contributed by atoms with Gasteiger partial charge < -0.3 is 19.6 Å². The van der Waals surface area contributed by atoms with Gasteiger partial charge in [0, 0.05) is 22.5 Å². The third kappa shape index (κ3) is 5.56. The second-order valence-corrected chi connectivity index (χ2v) is 8.79. The van der Waals surface area contributed by atoms with Gasteiger partial charge >= 0.3 is 6.01 Å². The molecule has 0 amide bonds. The third-order valence-corrected chi connectivity index (χ3v) is 6.57. The van der Waals surface area contributed by atoms with Crippen LogP contribution in [-0.2, 0) is 5.75 Å². The molecule has 7 nitrogen and oxygen atoms in total. The molecule has 10 heteroatoms. The first-order chi connectivity index (χ1) is 15.1. The van der Waals surface area contributed by atoms with E-state index in [0.717, 1.165) is 21.2 Å². The van der Waals surface area contributed by atoms with Crippen molar-refractivity contribution in [3.8, 4) is 23.5 Å². The number of nitrogens with zero attached hydrogens (tertiary/aromatic N) is 3. The van der Waals surface area contributed by atoms with Crippen LogP contribution in [0.5, 0.6) is 23.5 Å². The zero-order valence-electron chi connectivity index (χ0n) is 16.7. The highest BCUT2D eigenvalue weighted by Gasteiger charge is 2.21. The summed E-state index contributed by atoms with van der Waals surface area (Å²) in [5, 5.41) is 0.737. The molecule has 160 valence electrons. The van der Waals surface area contributed by atoms with Gasteiger partial charge in [-0.15, -0.1) is 3.82 Å². The Hall–Kier alpha value is -2.59. The summed E-state index contributed by atoms with van der Waals surface area (Å²) in [4.78, 5) is 9.50. The Morgan fingerprint density at radius 2 is 1.74 bits per heavy atom. The van der Waals surface area contributed by atoms with Crippen molar-refractivity contribution in [2.75, 3.05) is 14.2 Å². The van der Waals surface area contributed by atoms with Crippen LogP contribution in [0, 0.1) is 0 Å². The Morgan fingerprint density at radius 3 is 2.45 bits per heavy atom. The Balaban J connectivity index is 1.45. The molecule has 0 spiro atoms. The van der Waals surface area contributed by atoms with E-state index >= 15 is 0 Å². The molecule has 1 aliphatic heterocycles. The molecule has 1 N–H and O–H groups in total. The van der Waals surface area contributed by atoms with Crippen LogP contribution in [0.4, 0.5) is 0 Å². The van der Waals surface area contributed by atoms with Crippen LogP contribution < -0.4 is 19.6 Å².